The molecule has 0 aliphatic carbocycles. The van der Waals surface area contributed by atoms with E-state index >= 15 is 0 Å². The van der Waals surface area contributed by atoms with Gasteiger partial charge in [-0.2, -0.15) is 0 Å². The highest BCUT2D eigenvalue weighted by atomic mass is 16.6. The summed E-state index contributed by atoms with van der Waals surface area (Å²) in [6, 6.07) is 22.4. The zero-order valence-electron chi connectivity index (χ0n) is 20.7. The summed E-state index contributed by atoms with van der Waals surface area (Å²) in [5.41, 5.74) is 1.89. The highest BCUT2D eigenvalue weighted by Gasteiger charge is 2.23. The second-order valence-electron chi connectivity index (χ2n) is 9.65. The summed E-state index contributed by atoms with van der Waals surface area (Å²) in [5.74, 6) is 1.16. The van der Waals surface area contributed by atoms with Gasteiger partial charge in [-0.05, 0) is 54.3 Å². The van der Waals surface area contributed by atoms with Crippen molar-refractivity contribution in [1.29, 1.82) is 0 Å². The third kappa shape index (κ3) is 5.48. The van der Waals surface area contributed by atoms with E-state index in [9.17, 15) is 9.90 Å². The van der Waals surface area contributed by atoms with Crippen LogP contribution in [0.15, 0.2) is 71.1 Å². The van der Waals surface area contributed by atoms with Crippen LogP contribution in [0.5, 0.6) is 11.7 Å². The maximum atomic E-state index is 11.8. The fourth-order valence-electron chi connectivity index (χ4n) is 4.80. The van der Waals surface area contributed by atoms with Gasteiger partial charge in [0.2, 0.25) is 0 Å². The van der Waals surface area contributed by atoms with Gasteiger partial charge in [0, 0.05) is 32.1 Å². The molecular formula is C29H32N2O5. The van der Waals surface area contributed by atoms with E-state index in [0.717, 1.165) is 31.3 Å². The number of ether oxygens (including phenoxy) is 2. The summed E-state index contributed by atoms with van der Waals surface area (Å²) < 4.78 is 16.8. The first-order chi connectivity index (χ1) is 17.5. The van der Waals surface area contributed by atoms with E-state index in [1.807, 2.05) is 12.1 Å². The van der Waals surface area contributed by atoms with Crippen LogP contribution in [0.1, 0.15) is 24.3 Å². The lowest BCUT2D eigenvalue weighted by molar-refractivity contribution is 0.0596. The fourth-order valence-corrected chi connectivity index (χ4v) is 4.80. The minimum Gasteiger partial charge on any atom is -0.487 e. The molecule has 0 bridgehead atoms. The van der Waals surface area contributed by atoms with Crippen LogP contribution in [0.25, 0.3) is 21.7 Å². The Balaban J connectivity index is 1.13. The van der Waals surface area contributed by atoms with Crippen LogP contribution in [0, 0.1) is 0 Å². The van der Waals surface area contributed by atoms with Gasteiger partial charge < -0.3 is 28.8 Å². The number of carbonyl (C=O) groups excluding carboxylic acids is 1. The number of furan rings is 1. The number of aliphatic hydroxyl groups excluding tert-OH is 1. The third-order valence-electron chi connectivity index (χ3n) is 6.77. The van der Waals surface area contributed by atoms with Crippen molar-refractivity contribution in [1.82, 2.24) is 9.80 Å². The predicted molar refractivity (Wildman–Crippen MR) is 140 cm³/mol. The summed E-state index contributed by atoms with van der Waals surface area (Å²) in [6.45, 7) is 2.60. The third-order valence-corrected chi connectivity index (χ3v) is 6.77. The average molecular weight is 489 g/mol. The minimum atomic E-state index is -0.626. The van der Waals surface area contributed by atoms with Crippen molar-refractivity contribution >= 4 is 27.8 Å². The molecule has 0 radical (unpaired) electrons. The van der Waals surface area contributed by atoms with Gasteiger partial charge in [-0.3, -0.25) is 0 Å². The van der Waals surface area contributed by atoms with E-state index in [1.165, 1.54) is 21.2 Å². The van der Waals surface area contributed by atoms with E-state index in [-0.39, 0.29) is 12.6 Å². The quantitative estimate of drug-likeness (QED) is 0.382. The first-order valence-corrected chi connectivity index (χ1v) is 12.4. The number of hydrogen-bond donors (Lipinski definition) is 1. The number of nitrogens with zero attached hydrogens (tertiary/aromatic N) is 2. The molecule has 1 atom stereocenters. The molecule has 36 heavy (non-hydrogen) atoms. The number of carbonyl (C=O) groups is 1. The summed E-state index contributed by atoms with van der Waals surface area (Å²) in [6.07, 6.45) is 1.01. The van der Waals surface area contributed by atoms with E-state index in [1.54, 1.807) is 26.2 Å². The fraction of sp³-hybridized carbons (Fsp3) is 0.345. The molecule has 1 fully saturated rings. The summed E-state index contributed by atoms with van der Waals surface area (Å²) >= 11 is 0. The van der Waals surface area contributed by atoms with Gasteiger partial charge in [-0.25, -0.2) is 4.79 Å². The van der Waals surface area contributed by atoms with Crippen molar-refractivity contribution in [2.45, 2.75) is 24.9 Å². The molecule has 0 saturated carbocycles. The molecule has 3 aromatic carbocycles. The molecule has 5 rings (SSSR count). The Labute approximate surface area is 210 Å². The molecule has 1 unspecified atom stereocenters. The van der Waals surface area contributed by atoms with Crippen molar-refractivity contribution < 1.29 is 23.8 Å². The Morgan fingerprint density at radius 1 is 1.03 bits per heavy atom. The van der Waals surface area contributed by atoms with Gasteiger partial charge in [-0.15, -0.1) is 0 Å². The largest absolute Gasteiger partial charge is 0.487 e. The van der Waals surface area contributed by atoms with Gasteiger partial charge in [0.05, 0.1) is 0 Å². The average Bonchev–Trinajstić information content (AvgIpc) is 3.30. The molecule has 1 aliphatic rings. The van der Waals surface area contributed by atoms with Crippen LogP contribution in [0.2, 0.25) is 0 Å². The Hall–Kier alpha value is -3.55. The Morgan fingerprint density at radius 3 is 2.56 bits per heavy atom. The molecule has 188 valence electrons. The molecule has 2 heterocycles. The second-order valence-corrected chi connectivity index (χ2v) is 9.65. The van der Waals surface area contributed by atoms with Crippen molar-refractivity contribution in [3.05, 3.63) is 72.3 Å². The summed E-state index contributed by atoms with van der Waals surface area (Å²) in [7, 11) is 3.21. The number of fused-ring (bicyclic) bond motifs is 2. The number of hydrogen-bond acceptors (Lipinski definition) is 6. The van der Waals surface area contributed by atoms with Gasteiger partial charge in [0.25, 0.3) is 5.95 Å². The van der Waals surface area contributed by atoms with Gasteiger partial charge >= 0.3 is 6.09 Å². The van der Waals surface area contributed by atoms with E-state index < -0.39 is 12.2 Å². The number of aliphatic hydroxyl groups is 1. The molecule has 7 nitrogen and oxygen atoms in total. The first kappa shape index (κ1) is 24.2. The van der Waals surface area contributed by atoms with Crippen molar-refractivity contribution in [2.24, 2.45) is 0 Å². The molecule has 7 heteroatoms. The lowest BCUT2D eigenvalue weighted by Crippen LogP contribution is -2.40. The van der Waals surface area contributed by atoms with Crippen LogP contribution in [0.4, 0.5) is 4.79 Å². The second kappa shape index (κ2) is 10.6. The zero-order chi connectivity index (χ0) is 25.1. The normalized spacial score (nSPS) is 15.8. The summed E-state index contributed by atoms with van der Waals surface area (Å²) in [4.78, 5) is 15.4. The van der Waals surface area contributed by atoms with Crippen molar-refractivity contribution in [3.63, 3.8) is 0 Å². The van der Waals surface area contributed by atoms with Crippen molar-refractivity contribution in [3.8, 4) is 11.7 Å². The highest BCUT2D eigenvalue weighted by Crippen LogP contribution is 2.33. The lowest BCUT2D eigenvalue weighted by Gasteiger charge is -2.33. The molecule has 1 N–H and O–H groups in total. The van der Waals surface area contributed by atoms with E-state index in [2.05, 4.69) is 47.4 Å². The van der Waals surface area contributed by atoms with E-state index in [4.69, 9.17) is 13.9 Å². The molecular weight excluding hydrogens is 456 g/mol. The number of likely N-dealkylation sites (tertiary alicyclic amines) is 1. The van der Waals surface area contributed by atoms with Gasteiger partial charge in [0.15, 0.2) is 11.3 Å². The predicted octanol–water partition coefficient (Wildman–Crippen LogP) is 5.27. The molecule has 4 aromatic rings. The standard InChI is InChI=1S/C29H32N2O5/c1-30(2)29(33)36-27-17-24-8-5-9-26(28(24)35-27)34-19-25(32)18-31-14-12-21(13-15-31)23-11-10-20-6-3-4-7-22(20)16-23/h3-11,16-17,21,25,32H,12-15,18-19H2,1-2H3. The first-order valence-electron chi connectivity index (χ1n) is 12.4. The highest BCUT2D eigenvalue weighted by molar-refractivity contribution is 5.85. The molecule has 1 aromatic heterocycles. The Bertz CT molecular complexity index is 1340. The van der Waals surface area contributed by atoms with Crippen LogP contribution >= 0.6 is 0 Å². The van der Waals surface area contributed by atoms with Gasteiger partial charge in [0.1, 0.15) is 12.7 Å². The monoisotopic (exact) mass is 488 g/mol. The van der Waals surface area contributed by atoms with Crippen LogP contribution < -0.4 is 9.47 Å². The number of amides is 1. The molecule has 1 amide bonds. The Morgan fingerprint density at radius 2 is 1.78 bits per heavy atom. The number of para-hydroxylation sites is 1. The Kier molecular flexibility index (Phi) is 7.11. The number of piperidine rings is 1. The molecule has 0 spiro atoms. The lowest BCUT2D eigenvalue weighted by atomic mass is 9.88. The smallest absolute Gasteiger partial charge is 0.417 e. The number of rotatable bonds is 7. The SMILES string of the molecule is CN(C)C(=O)Oc1cc2cccc(OCC(O)CN3CCC(c4ccc5ccccc5c4)CC3)c2o1. The maximum absolute atomic E-state index is 11.8. The molecule has 1 saturated heterocycles. The van der Waals surface area contributed by atoms with Crippen molar-refractivity contribution in [2.75, 3.05) is 40.3 Å². The zero-order valence-corrected chi connectivity index (χ0v) is 20.7. The van der Waals surface area contributed by atoms with Crippen LogP contribution in [-0.2, 0) is 0 Å². The van der Waals surface area contributed by atoms with Gasteiger partial charge in [-0.1, -0.05) is 54.6 Å². The van der Waals surface area contributed by atoms with Crippen LogP contribution in [-0.4, -0.2) is 67.4 Å². The maximum Gasteiger partial charge on any atom is 0.417 e. The number of benzene rings is 3. The topological polar surface area (TPSA) is 75.4 Å². The van der Waals surface area contributed by atoms with Crippen LogP contribution in [0.3, 0.4) is 0 Å². The molecule has 1 aliphatic heterocycles. The minimum absolute atomic E-state index is 0.106. The van der Waals surface area contributed by atoms with E-state index in [0.29, 0.717) is 23.8 Å². The number of β-amino-alcohol motifs (C(OH)–C–C–N with tert-alkyl or cyclic N) is 1. The summed E-state index contributed by atoms with van der Waals surface area (Å²) in [5, 5.41) is 14.0.